The number of halogens is 1. The Kier molecular flexibility index (Phi) is 6.44. The molecule has 0 bridgehead atoms. The predicted octanol–water partition coefficient (Wildman–Crippen LogP) is 4.86. The van der Waals surface area contributed by atoms with Crippen molar-refractivity contribution in [3.63, 3.8) is 0 Å². The number of hydrogen-bond acceptors (Lipinski definition) is 3. The molecule has 3 aromatic carbocycles. The normalized spacial score (nSPS) is 11.1. The number of carbonyl (C=O) groups is 1. The lowest BCUT2D eigenvalue weighted by molar-refractivity contribution is -0.119. The molecule has 6 heteroatoms. The maximum Gasteiger partial charge on any atom is 0.259 e. The topological polar surface area (TPSA) is 58.4 Å². The van der Waals surface area contributed by atoms with Gasteiger partial charge in [-0.2, -0.15) is 5.10 Å². The number of aromatic nitrogens is 1. The SMILES string of the molecule is O=C(CNc1ccccc1)N/N=C\c1cn(Cc2ccc(I)cc2)c2ccccc12. The zero-order valence-corrected chi connectivity index (χ0v) is 18.4. The first-order valence-corrected chi connectivity index (χ1v) is 10.7. The van der Waals surface area contributed by atoms with Crippen LogP contribution in [0.15, 0.2) is 90.2 Å². The third-order valence-corrected chi connectivity index (χ3v) is 5.42. The Morgan fingerprint density at radius 2 is 1.70 bits per heavy atom. The Balaban J connectivity index is 1.44. The highest BCUT2D eigenvalue weighted by molar-refractivity contribution is 14.1. The molecule has 30 heavy (non-hydrogen) atoms. The van der Waals surface area contributed by atoms with Crippen LogP contribution in [0.1, 0.15) is 11.1 Å². The Labute approximate surface area is 188 Å². The van der Waals surface area contributed by atoms with Crippen molar-refractivity contribution in [1.82, 2.24) is 9.99 Å². The first-order chi connectivity index (χ1) is 14.7. The average molecular weight is 508 g/mol. The van der Waals surface area contributed by atoms with E-state index >= 15 is 0 Å². The number of para-hydroxylation sites is 2. The fraction of sp³-hybridized carbons (Fsp3) is 0.0833. The second-order valence-electron chi connectivity index (χ2n) is 6.87. The van der Waals surface area contributed by atoms with Gasteiger partial charge in [0.1, 0.15) is 0 Å². The van der Waals surface area contributed by atoms with Crippen LogP contribution in [0.3, 0.4) is 0 Å². The van der Waals surface area contributed by atoms with Crippen LogP contribution in [0.5, 0.6) is 0 Å². The minimum atomic E-state index is -0.197. The highest BCUT2D eigenvalue weighted by atomic mass is 127. The number of amides is 1. The first kappa shape index (κ1) is 20.2. The smallest absolute Gasteiger partial charge is 0.259 e. The molecule has 150 valence electrons. The van der Waals surface area contributed by atoms with Gasteiger partial charge in [-0.15, -0.1) is 0 Å². The number of benzene rings is 3. The number of nitrogens with one attached hydrogen (secondary N) is 2. The standard InChI is InChI=1S/C24H21IN4O/c25-20-12-10-18(11-13-20)16-29-17-19(22-8-4-5-9-23(22)29)14-27-28-24(30)15-26-21-6-2-1-3-7-21/h1-14,17,26H,15-16H2,(H,28,30)/b27-14-. The largest absolute Gasteiger partial charge is 0.376 e. The number of hydrazone groups is 1. The van der Waals surface area contributed by atoms with Crippen LogP contribution in [0, 0.1) is 3.57 Å². The van der Waals surface area contributed by atoms with Crippen molar-refractivity contribution in [2.45, 2.75) is 6.54 Å². The molecule has 0 fully saturated rings. The summed E-state index contributed by atoms with van der Waals surface area (Å²) in [5.41, 5.74) is 6.82. The molecule has 1 heterocycles. The van der Waals surface area contributed by atoms with E-state index in [1.807, 2.05) is 42.5 Å². The number of carbonyl (C=O) groups excluding carboxylic acids is 1. The molecule has 0 aliphatic heterocycles. The van der Waals surface area contributed by atoms with Crippen LogP contribution in [0.4, 0.5) is 5.69 Å². The number of hydrogen-bond donors (Lipinski definition) is 2. The summed E-state index contributed by atoms with van der Waals surface area (Å²) in [5.74, 6) is -0.197. The summed E-state index contributed by atoms with van der Waals surface area (Å²) in [4.78, 5) is 12.1. The summed E-state index contributed by atoms with van der Waals surface area (Å²) in [6.07, 6.45) is 3.77. The molecule has 2 N–H and O–H groups in total. The summed E-state index contributed by atoms with van der Waals surface area (Å²) in [6.45, 7) is 0.939. The van der Waals surface area contributed by atoms with E-state index in [0.29, 0.717) is 0 Å². The Morgan fingerprint density at radius 1 is 0.967 bits per heavy atom. The maximum absolute atomic E-state index is 12.1. The monoisotopic (exact) mass is 508 g/mol. The van der Waals surface area contributed by atoms with Crippen LogP contribution in [-0.2, 0) is 11.3 Å². The van der Waals surface area contributed by atoms with E-state index in [0.717, 1.165) is 28.7 Å². The molecule has 0 saturated carbocycles. The van der Waals surface area contributed by atoms with E-state index in [4.69, 9.17) is 0 Å². The van der Waals surface area contributed by atoms with E-state index in [2.05, 4.69) is 85.6 Å². The van der Waals surface area contributed by atoms with E-state index in [1.165, 1.54) is 9.13 Å². The van der Waals surface area contributed by atoms with Crippen molar-refractivity contribution in [3.8, 4) is 0 Å². The van der Waals surface area contributed by atoms with Crippen LogP contribution in [0.25, 0.3) is 10.9 Å². The molecular formula is C24H21IN4O. The summed E-state index contributed by atoms with van der Waals surface area (Å²) in [6, 6.07) is 26.3. The van der Waals surface area contributed by atoms with E-state index in [1.54, 1.807) is 6.21 Å². The molecule has 0 unspecified atom stereocenters. The third-order valence-electron chi connectivity index (χ3n) is 4.71. The third kappa shape index (κ3) is 5.07. The molecule has 4 aromatic rings. The fourth-order valence-electron chi connectivity index (χ4n) is 3.25. The number of fused-ring (bicyclic) bond motifs is 1. The molecule has 0 spiro atoms. The van der Waals surface area contributed by atoms with Crippen molar-refractivity contribution in [3.05, 3.63) is 99.8 Å². The summed E-state index contributed by atoms with van der Waals surface area (Å²) >= 11 is 2.31. The highest BCUT2D eigenvalue weighted by Gasteiger charge is 2.07. The van der Waals surface area contributed by atoms with Gasteiger partial charge in [0, 0.05) is 38.5 Å². The first-order valence-electron chi connectivity index (χ1n) is 9.62. The minimum Gasteiger partial charge on any atom is -0.376 e. The molecular weight excluding hydrogens is 487 g/mol. The molecule has 5 nitrogen and oxygen atoms in total. The van der Waals surface area contributed by atoms with Crippen LogP contribution >= 0.6 is 22.6 Å². The lowest BCUT2D eigenvalue weighted by Gasteiger charge is -2.05. The van der Waals surface area contributed by atoms with E-state index < -0.39 is 0 Å². The molecule has 1 aromatic heterocycles. The average Bonchev–Trinajstić information content (AvgIpc) is 3.12. The summed E-state index contributed by atoms with van der Waals surface area (Å²) in [5, 5.41) is 8.32. The van der Waals surface area contributed by atoms with Crippen molar-refractivity contribution in [2.24, 2.45) is 5.10 Å². The van der Waals surface area contributed by atoms with Gasteiger partial charge in [-0.25, -0.2) is 5.43 Å². The molecule has 0 aliphatic rings. The van der Waals surface area contributed by atoms with Crippen LogP contribution in [0.2, 0.25) is 0 Å². The minimum absolute atomic E-state index is 0.163. The van der Waals surface area contributed by atoms with Gasteiger partial charge in [0.05, 0.1) is 12.8 Å². The van der Waals surface area contributed by atoms with Crippen LogP contribution in [-0.4, -0.2) is 23.2 Å². The lowest BCUT2D eigenvalue weighted by Crippen LogP contribution is -2.25. The second kappa shape index (κ2) is 9.58. The van der Waals surface area contributed by atoms with Gasteiger partial charge in [-0.1, -0.05) is 48.5 Å². The fourth-order valence-corrected chi connectivity index (χ4v) is 3.61. The van der Waals surface area contributed by atoms with Crippen LogP contribution < -0.4 is 10.7 Å². The number of anilines is 1. The Bertz CT molecular complexity index is 1170. The van der Waals surface area contributed by atoms with Gasteiger partial charge in [0.25, 0.3) is 5.91 Å². The Hall–Kier alpha value is -3.13. The number of nitrogens with zero attached hydrogens (tertiary/aromatic N) is 2. The van der Waals surface area contributed by atoms with Crippen molar-refractivity contribution < 1.29 is 4.79 Å². The molecule has 0 aliphatic carbocycles. The summed E-state index contributed by atoms with van der Waals surface area (Å²) < 4.78 is 3.43. The lowest BCUT2D eigenvalue weighted by atomic mass is 10.2. The van der Waals surface area contributed by atoms with Crippen molar-refractivity contribution in [1.29, 1.82) is 0 Å². The molecule has 4 rings (SSSR count). The quantitative estimate of drug-likeness (QED) is 0.213. The zero-order valence-electron chi connectivity index (χ0n) is 16.3. The van der Waals surface area contributed by atoms with Gasteiger partial charge in [-0.05, 0) is 58.5 Å². The molecule has 0 saturated heterocycles. The molecule has 1 amide bonds. The van der Waals surface area contributed by atoms with Gasteiger partial charge in [-0.3, -0.25) is 4.79 Å². The Morgan fingerprint density at radius 3 is 2.50 bits per heavy atom. The van der Waals surface area contributed by atoms with Gasteiger partial charge in [0.2, 0.25) is 0 Å². The van der Waals surface area contributed by atoms with Gasteiger partial charge in [0.15, 0.2) is 0 Å². The van der Waals surface area contributed by atoms with Gasteiger partial charge < -0.3 is 9.88 Å². The highest BCUT2D eigenvalue weighted by Crippen LogP contribution is 2.21. The molecule has 0 atom stereocenters. The molecule has 0 radical (unpaired) electrons. The van der Waals surface area contributed by atoms with Gasteiger partial charge >= 0.3 is 0 Å². The maximum atomic E-state index is 12.1. The van der Waals surface area contributed by atoms with Crippen molar-refractivity contribution >= 4 is 51.3 Å². The zero-order chi connectivity index (χ0) is 20.8. The number of rotatable bonds is 7. The second-order valence-corrected chi connectivity index (χ2v) is 8.11. The van der Waals surface area contributed by atoms with E-state index in [9.17, 15) is 4.79 Å². The summed E-state index contributed by atoms with van der Waals surface area (Å²) in [7, 11) is 0. The van der Waals surface area contributed by atoms with Crippen molar-refractivity contribution in [2.75, 3.05) is 11.9 Å². The van der Waals surface area contributed by atoms with E-state index in [-0.39, 0.29) is 12.5 Å². The predicted molar refractivity (Wildman–Crippen MR) is 131 cm³/mol.